The molecule has 0 unspecified atom stereocenters. The van der Waals surface area contributed by atoms with Crippen LogP contribution in [0.5, 0.6) is 0 Å². The van der Waals surface area contributed by atoms with Gasteiger partial charge in [0.05, 0.1) is 6.54 Å². The lowest BCUT2D eigenvalue weighted by Gasteiger charge is -2.24. The topological polar surface area (TPSA) is 99.2 Å². The maximum absolute atomic E-state index is 12.3. The number of carbonyl (C=O) groups is 1. The van der Waals surface area contributed by atoms with Gasteiger partial charge >= 0.3 is 6.09 Å². The van der Waals surface area contributed by atoms with Crippen molar-refractivity contribution in [2.75, 3.05) is 18.8 Å². The third kappa shape index (κ3) is 3.89. The summed E-state index contributed by atoms with van der Waals surface area (Å²) in [6, 6.07) is 0. The number of aromatic nitrogens is 4. The molecule has 146 valence electrons. The Balaban J connectivity index is 1.90. The molecule has 0 radical (unpaired) electrons. The molecule has 0 spiro atoms. The number of amides is 1. The molecule has 2 N–H and O–H groups in total. The van der Waals surface area contributed by atoms with Crippen molar-refractivity contribution in [3.05, 3.63) is 17.6 Å². The molecule has 8 nitrogen and oxygen atoms in total. The molecule has 1 amide bonds. The summed E-state index contributed by atoms with van der Waals surface area (Å²) in [5.41, 5.74) is 8.70. The van der Waals surface area contributed by atoms with Gasteiger partial charge in [-0.3, -0.25) is 0 Å². The number of unbranched alkanes of at least 4 members (excludes halogenated alkanes) is 1. The Labute approximate surface area is 159 Å². The fourth-order valence-corrected chi connectivity index (χ4v) is 3.16. The van der Waals surface area contributed by atoms with Gasteiger partial charge < -0.3 is 19.9 Å². The molecule has 1 aliphatic heterocycles. The highest BCUT2D eigenvalue weighted by molar-refractivity contribution is 5.94. The number of nitrogen functional groups attached to an aromatic ring is 1. The fourth-order valence-electron chi connectivity index (χ4n) is 3.16. The van der Waals surface area contributed by atoms with E-state index in [1.165, 1.54) is 0 Å². The maximum Gasteiger partial charge on any atom is 0.410 e. The molecule has 0 saturated heterocycles. The van der Waals surface area contributed by atoms with E-state index in [4.69, 9.17) is 10.5 Å². The highest BCUT2D eigenvalue weighted by Crippen LogP contribution is 2.29. The predicted octanol–water partition coefficient (Wildman–Crippen LogP) is 2.92. The molecule has 3 heterocycles. The second-order valence-electron chi connectivity index (χ2n) is 7.91. The van der Waals surface area contributed by atoms with Crippen LogP contribution in [0, 0.1) is 0 Å². The van der Waals surface area contributed by atoms with Crippen molar-refractivity contribution in [2.24, 2.45) is 7.05 Å². The van der Waals surface area contributed by atoms with Crippen LogP contribution in [-0.2, 0) is 18.2 Å². The number of imidazole rings is 1. The molecule has 3 rings (SSSR count). The summed E-state index contributed by atoms with van der Waals surface area (Å²) in [5.74, 6) is 1.30. The van der Waals surface area contributed by atoms with Gasteiger partial charge in [0.25, 0.3) is 0 Å². The van der Waals surface area contributed by atoms with Crippen molar-refractivity contribution in [1.29, 1.82) is 0 Å². The van der Waals surface area contributed by atoms with E-state index in [0.717, 1.165) is 41.9 Å². The minimum absolute atomic E-state index is 0.328. The number of nitrogens with zero attached hydrogens (tertiary/aromatic N) is 5. The molecule has 2 aromatic heterocycles. The van der Waals surface area contributed by atoms with Gasteiger partial charge in [0.1, 0.15) is 28.2 Å². The number of aryl methyl sites for hydroxylation is 2. The summed E-state index contributed by atoms with van der Waals surface area (Å²) >= 11 is 0. The maximum atomic E-state index is 12.3. The first kappa shape index (κ1) is 19.1. The normalized spacial score (nSPS) is 14.7. The lowest BCUT2D eigenvalue weighted by Crippen LogP contribution is -2.35. The van der Waals surface area contributed by atoms with Gasteiger partial charge in [0.2, 0.25) is 0 Å². The van der Waals surface area contributed by atoms with Gasteiger partial charge in [-0.25, -0.2) is 9.78 Å². The average molecular weight is 372 g/mol. The quantitative estimate of drug-likeness (QED) is 0.886. The first-order valence-corrected chi connectivity index (χ1v) is 9.36. The van der Waals surface area contributed by atoms with Crippen molar-refractivity contribution >= 4 is 28.5 Å². The Kier molecular flexibility index (Phi) is 5.08. The van der Waals surface area contributed by atoms with Crippen LogP contribution in [-0.4, -0.2) is 49.4 Å². The van der Waals surface area contributed by atoms with E-state index in [9.17, 15) is 4.79 Å². The third-order valence-corrected chi connectivity index (χ3v) is 4.54. The van der Waals surface area contributed by atoms with E-state index in [2.05, 4.69) is 22.1 Å². The number of ether oxygens (including phenoxy) is 1. The summed E-state index contributed by atoms with van der Waals surface area (Å²) in [6.07, 6.45) is 4.69. The van der Waals surface area contributed by atoms with Crippen molar-refractivity contribution in [3.8, 4) is 0 Å². The van der Waals surface area contributed by atoms with E-state index in [1.807, 2.05) is 38.5 Å². The van der Waals surface area contributed by atoms with Gasteiger partial charge in [0, 0.05) is 20.0 Å². The van der Waals surface area contributed by atoms with Crippen LogP contribution in [0.15, 0.2) is 6.08 Å². The Bertz CT molecular complexity index is 894. The van der Waals surface area contributed by atoms with E-state index >= 15 is 0 Å². The van der Waals surface area contributed by atoms with Gasteiger partial charge in [-0.2, -0.15) is 0 Å². The third-order valence-electron chi connectivity index (χ3n) is 4.54. The molecule has 0 saturated carbocycles. The van der Waals surface area contributed by atoms with Crippen LogP contribution in [0.25, 0.3) is 16.6 Å². The SMILES string of the molecule is CCCCc1nc2c(N)nnc(C3=CCN(C(=O)OC(C)(C)C)C3)c2n1C. The molecular weight excluding hydrogens is 344 g/mol. The second-order valence-corrected chi connectivity index (χ2v) is 7.91. The van der Waals surface area contributed by atoms with Crippen molar-refractivity contribution in [2.45, 2.75) is 52.6 Å². The standard InChI is InChI=1S/C19H28N6O2/c1-6-7-8-13-21-15-16(24(13)5)14(22-23-17(15)20)12-9-10-25(11-12)18(26)27-19(2,3)4/h9H,6-8,10-11H2,1-5H3,(H2,20,23). The minimum Gasteiger partial charge on any atom is -0.444 e. The van der Waals surface area contributed by atoms with Crippen LogP contribution in [0.2, 0.25) is 0 Å². The summed E-state index contributed by atoms with van der Waals surface area (Å²) in [6.45, 7) is 8.64. The van der Waals surface area contributed by atoms with Crippen molar-refractivity contribution in [1.82, 2.24) is 24.6 Å². The monoisotopic (exact) mass is 372 g/mol. The zero-order chi connectivity index (χ0) is 19.8. The van der Waals surface area contributed by atoms with Crippen molar-refractivity contribution < 1.29 is 9.53 Å². The predicted molar refractivity (Wildman–Crippen MR) is 105 cm³/mol. The fraction of sp³-hybridized carbons (Fsp3) is 0.579. The lowest BCUT2D eigenvalue weighted by molar-refractivity contribution is 0.0306. The number of fused-ring (bicyclic) bond motifs is 1. The van der Waals surface area contributed by atoms with Gasteiger partial charge in [-0.1, -0.05) is 19.4 Å². The summed E-state index contributed by atoms with van der Waals surface area (Å²) in [4.78, 5) is 18.7. The number of hydrogen-bond acceptors (Lipinski definition) is 6. The van der Waals surface area contributed by atoms with Crippen LogP contribution in [0.1, 0.15) is 52.1 Å². The van der Waals surface area contributed by atoms with Crippen LogP contribution < -0.4 is 5.73 Å². The van der Waals surface area contributed by atoms with Crippen LogP contribution in [0.3, 0.4) is 0 Å². The first-order chi connectivity index (χ1) is 12.7. The molecule has 27 heavy (non-hydrogen) atoms. The zero-order valence-electron chi connectivity index (χ0n) is 16.7. The molecule has 0 aromatic carbocycles. The molecule has 0 bridgehead atoms. The second kappa shape index (κ2) is 7.17. The van der Waals surface area contributed by atoms with Crippen molar-refractivity contribution in [3.63, 3.8) is 0 Å². The minimum atomic E-state index is -0.523. The number of rotatable bonds is 4. The smallest absolute Gasteiger partial charge is 0.410 e. The number of nitrogens with two attached hydrogens (primary N) is 1. The van der Waals surface area contributed by atoms with Crippen LogP contribution in [0.4, 0.5) is 10.6 Å². The molecule has 2 aromatic rings. The summed E-state index contributed by atoms with van der Waals surface area (Å²) < 4.78 is 7.51. The molecule has 0 aliphatic carbocycles. The van der Waals surface area contributed by atoms with Crippen LogP contribution >= 0.6 is 0 Å². The molecule has 0 fully saturated rings. The van der Waals surface area contributed by atoms with Gasteiger partial charge in [-0.15, -0.1) is 10.2 Å². The average Bonchev–Trinajstić information content (AvgIpc) is 3.19. The summed E-state index contributed by atoms with van der Waals surface area (Å²) in [5, 5.41) is 8.42. The molecule has 1 aliphatic rings. The van der Waals surface area contributed by atoms with E-state index in [0.29, 0.717) is 24.4 Å². The number of hydrogen-bond donors (Lipinski definition) is 1. The van der Waals surface area contributed by atoms with Gasteiger partial charge in [0.15, 0.2) is 5.82 Å². The molecule has 8 heteroatoms. The van der Waals surface area contributed by atoms with E-state index in [1.54, 1.807) is 4.90 Å². The number of anilines is 1. The summed E-state index contributed by atoms with van der Waals surface area (Å²) in [7, 11) is 1.98. The Hall–Kier alpha value is -2.64. The highest BCUT2D eigenvalue weighted by atomic mass is 16.6. The highest BCUT2D eigenvalue weighted by Gasteiger charge is 2.28. The van der Waals surface area contributed by atoms with E-state index < -0.39 is 5.60 Å². The largest absolute Gasteiger partial charge is 0.444 e. The zero-order valence-corrected chi connectivity index (χ0v) is 16.7. The lowest BCUT2D eigenvalue weighted by atomic mass is 10.1. The molecular formula is C19H28N6O2. The Morgan fingerprint density at radius 2 is 2.07 bits per heavy atom. The number of carbonyl (C=O) groups excluding carboxylic acids is 1. The Morgan fingerprint density at radius 1 is 1.33 bits per heavy atom. The Morgan fingerprint density at radius 3 is 2.74 bits per heavy atom. The molecule has 0 atom stereocenters. The first-order valence-electron chi connectivity index (χ1n) is 9.36. The van der Waals surface area contributed by atoms with Gasteiger partial charge in [-0.05, 0) is 32.8 Å². The van der Waals surface area contributed by atoms with E-state index in [-0.39, 0.29) is 6.09 Å².